The smallest absolute Gasteiger partial charge is 0.220 e. The van der Waals surface area contributed by atoms with Gasteiger partial charge in [0.05, 0.1) is 10.7 Å². The fraction of sp³-hybridized carbons (Fsp3) is 0.467. The second kappa shape index (κ2) is 5.74. The Kier molecular flexibility index (Phi) is 4.07. The highest BCUT2D eigenvalue weighted by Crippen LogP contribution is 2.42. The Morgan fingerprint density at radius 2 is 1.91 bits per heavy atom. The van der Waals surface area contributed by atoms with E-state index in [0.717, 1.165) is 41.4 Å². The lowest BCUT2D eigenvalue weighted by Crippen LogP contribution is -2.58. The molecule has 1 aliphatic carbocycles. The van der Waals surface area contributed by atoms with Crippen LogP contribution in [0, 0.1) is 6.92 Å². The lowest BCUT2D eigenvalue weighted by atomic mass is 9.87. The van der Waals surface area contributed by atoms with Gasteiger partial charge in [0.2, 0.25) is 11.9 Å². The lowest BCUT2D eigenvalue weighted by molar-refractivity contribution is 0.305. The number of aryl methyl sites for hydroxylation is 1. The molecule has 1 spiro atoms. The van der Waals surface area contributed by atoms with Crippen molar-refractivity contribution in [2.75, 3.05) is 4.90 Å². The van der Waals surface area contributed by atoms with Crippen LogP contribution in [0.15, 0.2) is 26.6 Å². The number of rotatable bonds is 1. The van der Waals surface area contributed by atoms with Gasteiger partial charge in [0, 0.05) is 4.47 Å². The zero-order valence-electron chi connectivity index (χ0n) is 12.4. The first-order chi connectivity index (χ1) is 10.4. The number of hydrogen-bond acceptors (Lipinski definition) is 5. The number of guanidine groups is 2. The second-order valence-corrected chi connectivity index (χ2v) is 7.13. The van der Waals surface area contributed by atoms with Crippen molar-refractivity contribution < 1.29 is 0 Å². The molecule has 1 aliphatic heterocycles. The van der Waals surface area contributed by atoms with Crippen molar-refractivity contribution in [1.29, 1.82) is 0 Å². The molecule has 3 rings (SSSR count). The van der Waals surface area contributed by atoms with E-state index >= 15 is 0 Å². The number of halogens is 2. The van der Waals surface area contributed by atoms with E-state index in [1.165, 1.54) is 6.42 Å². The Bertz CT molecular complexity index is 664. The van der Waals surface area contributed by atoms with Gasteiger partial charge in [-0.05, 0) is 66.2 Å². The highest BCUT2D eigenvalue weighted by Gasteiger charge is 2.43. The summed E-state index contributed by atoms with van der Waals surface area (Å²) >= 11 is 9.75. The maximum Gasteiger partial charge on any atom is 0.220 e. The first-order valence-electron chi connectivity index (χ1n) is 7.38. The molecule has 0 aromatic heterocycles. The van der Waals surface area contributed by atoms with Crippen molar-refractivity contribution in [2.24, 2.45) is 21.5 Å². The molecule has 0 unspecified atom stereocenters. The van der Waals surface area contributed by atoms with Gasteiger partial charge in [0.25, 0.3) is 0 Å². The van der Waals surface area contributed by atoms with E-state index in [9.17, 15) is 0 Å². The van der Waals surface area contributed by atoms with Crippen LogP contribution in [0.5, 0.6) is 0 Å². The minimum Gasteiger partial charge on any atom is -0.369 e. The van der Waals surface area contributed by atoms with Crippen LogP contribution in [-0.2, 0) is 0 Å². The van der Waals surface area contributed by atoms with E-state index in [-0.39, 0.29) is 5.96 Å². The molecule has 0 amide bonds. The fourth-order valence-electron chi connectivity index (χ4n) is 3.35. The van der Waals surface area contributed by atoms with Crippen LogP contribution in [0.4, 0.5) is 5.69 Å². The maximum atomic E-state index is 6.29. The van der Waals surface area contributed by atoms with E-state index in [1.807, 2.05) is 24.0 Å². The topological polar surface area (TPSA) is 80.0 Å². The summed E-state index contributed by atoms with van der Waals surface area (Å²) < 4.78 is 0.864. The molecule has 0 bridgehead atoms. The molecule has 1 aromatic rings. The van der Waals surface area contributed by atoms with Crippen molar-refractivity contribution in [1.82, 2.24) is 0 Å². The third-order valence-electron chi connectivity index (χ3n) is 4.33. The molecule has 1 heterocycles. The highest BCUT2D eigenvalue weighted by molar-refractivity contribution is 9.10. The predicted molar refractivity (Wildman–Crippen MR) is 95.4 cm³/mol. The SMILES string of the molecule is Cc1cc(Br)c(Cl)cc1N1C(N)=NC(N)=NC12CCCCC2. The average Bonchev–Trinajstić information content (AvgIpc) is 2.44. The Hall–Kier alpha value is -1.27. The van der Waals surface area contributed by atoms with Gasteiger partial charge in [-0.15, -0.1) is 0 Å². The minimum absolute atomic E-state index is 0.261. The summed E-state index contributed by atoms with van der Waals surface area (Å²) in [4.78, 5) is 10.9. The number of hydrogen-bond donors (Lipinski definition) is 2. The molecular weight excluding hydrogens is 366 g/mol. The molecule has 5 nitrogen and oxygen atoms in total. The van der Waals surface area contributed by atoms with Gasteiger partial charge in [0.1, 0.15) is 5.66 Å². The number of nitrogens with zero attached hydrogens (tertiary/aromatic N) is 3. The number of benzene rings is 1. The van der Waals surface area contributed by atoms with Crippen molar-refractivity contribution in [2.45, 2.75) is 44.7 Å². The molecule has 0 atom stereocenters. The summed E-state index contributed by atoms with van der Waals surface area (Å²) in [6, 6.07) is 3.90. The van der Waals surface area contributed by atoms with Gasteiger partial charge < -0.3 is 11.5 Å². The molecule has 0 radical (unpaired) electrons. The van der Waals surface area contributed by atoms with Gasteiger partial charge in [-0.3, -0.25) is 4.90 Å². The molecule has 1 aromatic carbocycles. The Morgan fingerprint density at radius 3 is 2.59 bits per heavy atom. The largest absolute Gasteiger partial charge is 0.369 e. The summed E-state index contributed by atoms with van der Waals surface area (Å²) in [5.41, 5.74) is 13.7. The Morgan fingerprint density at radius 1 is 1.23 bits per heavy atom. The molecular formula is C15H19BrClN5. The lowest BCUT2D eigenvalue weighted by Gasteiger charge is -2.46. The zero-order chi connectivity index (χ0) is 15.9. The average molecular weight is 385 g/mol. The van der Waals surface area contributed by atoms with Crippen molar-refractivity contribution >= 4 is 45.1 Å². The van der Waals surface area contributed by atoms with Crippen LogP contribution in [-0.4, -0.2) is 17.6 Å². The summed E-state index contributed by atoms with van der Waals surface area (Å²) in [6.07, 6.45) is 5.24. The summed E-state index contributed by atoms with van der Waals surface area (Å²) in [7, 11) is 0. The van der Waals surface area contributed by atoms with Gasteiger partial charge in [-0.2, -0.15) is 4.99 Å². The van der Waals surface area contributed by atoms with Crippen LogP contribution >= 0.6 is 27.5 Å². The van der Waals surface area contributed by atoms with Gasteiger partial charge in [0.15, 0.2) is 0 Å². The molecule has 0 saturated heterocycles. The summed E-state index contributed by atoms with van der Waals surface area (Å²) in [5.74, 6) is 0.646. The second-order valence-electron chi connectivity index (χ2n) is 5.87. The van der Waals surface area contributed by atoms with E-state index in [4.69, 9.17) is 23.1 Å². The maximum absolute atomic E-state index is 6.29. The van der Waals surface area contributed by atoms with Crippen LogP contribution < -0.4 is 16.4 Å². The monoisotopic (exact) mass is 383 g/mol. The van der Waals surface area contributed by atoms with Crippen LogP contribution in [0.25, 0.3) is 0 Å². The molecule has 4 N–H and O–H groups in total. The predicted octanol–water partition coefficient (Wildman–Crippen LogP) is 3.52. The third kappa shape index (κ3) is 2.58. The molecule has 2 aliphatic rings. The first kappa shape index (κ1) is 15.6. The van der Waals surface area contributed by atoms with Crippen molar-refractivity contribution in [3.05, 3.63) is 27.2 Å². The van der Waals surface area contributed by atoms with E-state index in [0.29, 0.717) is 11.0 Å². The molecule has 7 heteroatoms. The highest BCUT2D eigenvalue weighted by atomic mass is 79.9. The van der Waals surface area contributed by atoms with Crippen molar-refractivity contribution in [3.63, 3.8) is 0 Å². The molecule has 118 valence electrons. The summed E-state index contributed by atoms with van der Waals surface area (Å²) in [6.45, 7) is 2.03. The van der Waals surface area contributed by atoms with Gasteiger partial charge >= 0.3 is 0 Å². The van der Waals surface area contributed by atoms with E-state index < -0.39 is 5.66 Å². The number of anilines is 1. The van der Waals surface area contributed by atoms with Crippen LogP contribution in [0.1, 0.15) is 37.7 Å². The number of nitrogens with two attached hydrogens (primary N) is 2. The van der Waals surface area contributed by atoms with Crippen LogP contribution in [0.3, 0.4) is 0 Å². The minimum atomic E-state index is -0.434. The number of aliphatic imine (C=N–C) groups is 2. The van der Waals surface area contributed by atoms with E-state index in [2.05, 4.69) is 25.9 Å². The van der Waals surface area contributed by atoms with Crippen LogP contribution in [0.2, 0.25) is 5.02 Å². The van der Waals surface area contributed by atoms with E-state index in [1.54, 1.807) is 0 Å². The van der Waals surface area contributed by atoms with Gasteiger partial charge in [-0.25, -0.2) is 4.99 Å². The standard InChI is InChI=1S/C15H19BrClN5/c1-9-7-10(16)11(17)8-12(9)22-14(19)20-13(18)21-15(22)5-3-2-4-6-15/h7-8H,2-6H2,1H3,(H4,18,19,20,21). The first-order valence-corrected chi connectivity index (χ1v) is 8.55. The Labute approximate surface area is 143 Å². The Balaban J connectivity index is 2.14. The third-order valence-corrected chi connectivity index (χ3v) is 5.53. The van der Waals surface area contributed by atoms with Crippen molar-refractivity contribution in [3.8, 4) is 0 Å². The molecule has 1 fully saturated rings. The molecule has 1 saturated carbocycles. The van der Waals surface area contributed by atoms with Gasteiger partial charge in [-0.1, -0.05) is 18.0 Å². The quantitative estimate of drug-likeness (QED) is 0.777. The zero-order valence-corrected chi connectivity index (χ0v) is 14.8. The normalized spacial score (nSPS) is 20.8. The molecule has 22 heavy (non-hydrogen) atoms. The summed E-state index contributed by atoms with van der Waals surface area (Å²) in [5, 5.41) is 0.641. The fourth-order valence-corrected chi connectivity index (χ4v) is 3.96.